The van der Waals surface area contributed by atoms with E-state index in [0.717, 1.165) is 60.5 Å². The van der Waals surface area contributed by atoms with E-state index < -0.39 is 0 Å². The summed E-state index contributed by atoms with van der Waals surface area (Å²) < 4.78 is 0. The molecule has 0 aromatic heterocycles. The number of benzene rings is 2. The third-order valence-electron chi connectivity index (χ3n) is 9.14. The standard InChI is InChI=1S/C32H41ClN4O/c1-3-7-24(17-34)31(35)30(22-10-5-11-22)23-12-6-13-26(14-23)37-19-28-27(32(37)38)15-25(16-29(28)33)20(2)36-18-21-8-4-9-21/h6,12-17,20-22,24,30,34-36H,3-5,7-11,18-19H2,1-2H3/t20-,24?,30+/m1/s1. The molecule has 2 aliphatic carbocycles. The second-order valence-electron chi connectivity index (χ2n) is 11.6. The Kier molecular flexibility index (Phi) is 8.35. The van der Waals surface area contributed by atoms with Crippen molar-refractivity contribution in [3.63, 3.8) is 0 Å². The van der Waals surface area contributed by atoms with Crippen molar-refractivity contribution < 1.29 is 4.79 Å². The number of hydrogen-bond acceptors (Lipinski definition) is 4. The van der Waals surface area contributed by atoms with E-state index in [-0.39, 0.29) is 23.8 Å². The molecule has 0 bridgehead atoms. The number of fused-ring (bicyclic) bond motifs is 1. The van der Waals surface area contributed by atoms with E-state index in [1.807, 2.05) is 29.2 Å². The third kappa shape index (κ3) is 5.33. The normalized spacial score (nSPS) is 19.9. The maximum Gasteiger partial charge on any atom is 0.258 e. The maximum absolute atomic E-state index is 13.7. The van der Waals surface area contributed by atoms with Crippen LogP contribution in [0.5, 0.6) is 0 Å². The first-order chi connectivity index (χ1) is 18.4. The Labute approximate surface area is 232 Å². The fourth-order valence-electron chi connectivity index (χ4n) is 6.24. The van der Waals surface area contributed by atoms with Gasteiger partial charge in [-0.05, 0) is 92.8 Å². The monoisotopic (exact) mass is 532 g/mol. The molecule has 2 saturated carbocycles. The van der Waals surface area contributed by atoms with Crippen LogP contribution in [0.2, 0.25) is 5.02 Å². The summed E-state index contributed by atoms with van der Waals surface area (Å²) in [5.41, 5.74) is 5.25. The molecule has 3 N–H and O–H groups in total. The zero-order valence-corrected chi connectivity index (χ0v) is 23.5. The number of carbonyl (C=O) groups excluding carboxylic acids is 1. The molecule has 202 valence electrons. The molecule has 3 atom stereocenters. The molecule has 1 unspecified atom stereocenters. The van der Waals surface area contributed by atoms with Crippen LogP contribution in [0.15, 0.2) is 36.4 Å². The number of nitrogens with one attached hydrogen (secondary N) is 3. The molecule has 38 heavy (non-hydrogen) atoms. The lowest BCUT2D eigenvalue weighted by molar-refractivity contribution is 0.0996. The molecule has 0 radical (unpaired) electrons. The Morgan fingerprint density at radius 2 is 1.92 bits per heavy atom. The van der Waals surface area contributed by atoms with Crippen LogP contribution in [-0.4, -0.2) is 24.4 Å². The number of carbonyl (C=O) groups is 1. The largest absolute Gasteiger partial charge is 0.312 e. The summed E-state index contributed by atoms with van der Waals surface area (Å²) in [4.78, 5) is 15.5. The summed E-state index contributed by atoms with van der Waals surface area (Å²) in [6, 6.07) is 12.4. The van der Waals surface area contributed by atoms with Crippen molar-refractivity contribution in [2.45, 2.75) is 83.7 Å². The molecule has 1 aliphatic heterocycles. The van der Waals surface area contributed by atoms with Crippen LogP contribution in [0.3, 0.4) is 0 Å². The fraction of sp³-hybridized carbons (Fsp3) is 0.531. The Morgan fingerprint density at radius 1 is 1.16 bits per heavy atom. The van der Waals surface area contributed by atoms with Crippen molar-refractivity contribution in [3.8, 4) is 0 Å². The van der Waals surface area contributed by atoms with Gasteiger partial charge in [-0.3, -0.25) is 4.79 Å². The van der Waals surface area contributed by atoms with E-state index in [1.165, 1.54) is 31.9 Å². The molecule has 2 aromatic rings. The van der Waals surface area contributed by atoms with Crippen LogP contribution in [0.4, 0.5) is 5.69 Å². The minimum atomic E-state index is -0.121. The van der Waals surface area contributed by atoms with Gasteiger partial charge in [0.1, 0.15) is 0 Å². The minimum absolute atomic E-state index is 0.000266. The van der Waals surface area contributed by atoms with Crippen LogP contribution < -0.4 is 10.2 Å². The van der Waals surface area contributed by atoms with Gasteiger partial charge in [0.15, 0.2) is 0 Å². The van der Waals surface area contributed by atoms with Gasteiger partial charge in [0, 0.05) is 51.6 Å². The zero-order valence-electron chi connectivity index (χ0n) is 22.7. The molecule has 1 amide bonds. The first-order valence-corrected chi connectivity index (χ1v) is 14.9. The molecule has 5 rings (SSSR count). The quantitative estimate of drug-likeness (QED) is 0.243. The molecular weight excluding hydrogens is 492 g/mol. The Balaban J connectivity index is 1.38. The smallest absolute Gasteiger partial charge is 0.258 e. The van der Waals surface area contributed by atoms with Crippen molar-refractivity contribution in [3.05, 3.63) is 63.7 Å². The molecule has 6 heteroatoms. The minimum Gasteiger partial charge on any atom is -0.312 e. The van der Waals surface area contributed by atoms with Gasteiger partial charge in [-0.15, -0.1) is 0 Å². The topological polar surface area (TPSA) is 80.0 Å². The van der Waals surface area contributed by atoms with Gasteiger partial charge >= 0.3 is 0 Å². The fourth-order valence-corrected chi connectivity index (χ4v) is 6.52. The summed E-state index contributed by atoms with van der Waals surface area (Å²) in [6.07, 6.45) is 10.6. The highest BCUT2D eigenvalue weighted by Gasteiger charge is 2.36. The third-order valence-corrected chi connectivity index (χ3v) is 9.48. The highest BCUT2D eigenvalue weighted by atomic mass is 35.5. The SMILES string of the molecule is CCCC(C=N)C(=N)[C@H](c1cccc(N2Cc3c(Cl)cc([C@@H](C)NCC4CCC4)cc3C2=O)c1)C1CCC1. The zero-order chi connectivity index (χ0) is 26.8. The van der Waals surface area contributed by atoms with Crippen molar-refractivity contribution in [1.82, 2.24) is 5.32 Å². The van der Waals surface area contributed by atoms with Gasteiger partial charge in [-0.25, -0.2) is 0 Å². The highest BCUT2D eigenvalue weighted by Crippen LogP contribution is 2.43. The molecule has 3 aliphatic rings. The van der Waals surface area contributed by atoms with E-state index >= 15 is 0 Å². The van der Waals surface area contributed by atoms with Gasteiger partial charge in [0.25, 0.3) is 5.91 Å². The van der Waals surface area contributed by atoms with Crippen LogP contribution in [-0.2, 0) is 6.54 Å². The molecule has 1 heterocycles. The van der Waals surface area contributed by atoms with Gasteiger partial charge in [0.05, 0.1) is 6.54 Å². The molecular formula is C32H41ClN4O. The lowest BCUT2D eigenvalue weighted by Crippen LogP contribution is -2.32. The van der Waals surface area contributed by atoms with Gasteiger partial charge in [-0.2, -0.15) is 0 Å². The number of nitrogens with zero attached hydrogens (tertiary/aromatic N) is 1. The van der Waals surface area contributed by atoms with Crippen molar-refractivity contribution in [1.29, 1.82) is 10.8 Å². The number of rotatable bonds is 12. The Hall–Kier alpha value is -2.50. The summed E-state index contributed by atoms with van der Waals surface area (Å²) >= 11 is 6.75. The Bertz CT molecular complexity index is 1200. The highest BCUT2D eigenvalue weighted by molar-refractivity contribution is 6.32. The predicted molar refractivity (Wildman–Crippen MR) is 157 cm³/mol. The van der Waals surface area contributed by atoms with Crippen molar-refractivity contribution >= 4 is 35.1 Å². The average Bonchev–Trinajstić information content (AvgIpc) is 3.20. The Morgan fingerprint density at radius 3 is 2.55 bits per heavy atom. The van der Waals surface area contributed by atoms with E-state index in [2.05, 4.69) is 31.3 Å². The second-order valence-corrected chi connectivity index (χ2v) is 12.0. The van der Waals surface area contributed by atoms with Crippen molar-refractivity contribution in [2.75, 3.05) is 11.4 Å². The molecule has 0 saturated heterocycles. The van der Waals surface area contributed by atoms with E-state index in [9.17, 15) is 4.79 Å². The summed E-state index contributed by atoms with van der Waals surface area (Å²) in [5, 5.41) is 21.3. The van der Waals surface area contributed by atoms with Crippen LogP contribution >= 0.6 is 11.6 Å². The molecule has 5 nitrogen and oxygen atoms in total. The molecule has 2 aromatic carbocycles. The second kappa shape index (κ2) is 11.7. The summed E-state index contributed by atoms with van der Waals surface area (Å²) in [5.74, 6) is 1.08. The predicted octanol–water partition coefficient (Wildman–Crippen LogP) is 7.92. The van der Waals surface area contributed by atoms with Gasteiger partial charge in [0.2, 0.25) is 0 Å². The summed E-state index contributed by atoms with van der Waals surface area (Å²) in [6.45, 7) is 5.73. The lowest BCUT2D eigenvalue weighted by Gasteiger charge is -2.36. The number of anilines is 1. The first-order valence-electron chi connectivity index (χ1n) is 14.5. The molecule has 2 fully saturated rings. The molecule has 0 spiro atoms. The first kappa shape index (κ1) is 27.1. The summed E-state index contributed by atoms with van der Waals surface area (Å²) in [7, 11) is 0. The van der Waals surface area contributed by atoms with Crippen LogP contribution in [0.1, 0.15) is 104 Å². The van der Waals surface area contributed by atoms with Crippen LogP contribution in [0, 0.1) is 28.6 Å². The van der Waals surface area contributed by atoms with Crippen molar-refractivity contribution in [2.24, 2.45) is 17.8 Å². The van der Waals surface area contributed by atoms with E-state index in [1.54, 1.807) is 0 Å². The van der Waals surface area contributed by atoms with E-state index in [4.69, 9.17) is 22.4 Å². The van der Waals surface area contributed by atoms with E-state index in [0.29, 0.717) is 28.8 Å². The number of halogens is 1. The number of amides is 1. The lowest BCUT2D eigenvalue weighted by atomic mass is 9.68. The average molecular weight is 533 g/mol. The number of hydrogen-bond donors (Lipinski definition) is 3. The van der Waals surface area contributed by atoms with Crippen LogP contribution in [0.25, 0.3) is 0 Å². The van der Waals surface area contributed by atoms with Gasteiger partial charge < -0.3 is 21.0 Å². The maximum atomic E-state index is 13.7. The van der Waals surface area contributed by atoms with Gasteiger partial charge in [-0.1, -0.05) is 49.9 Å².